The molecule has 0 fully saturated rings. The molecule has 0 saturated carbocycles. The van der Waals surface area contributed by atoms with Gasteiger partial charge in [0.1, 0.15) is 0 Å². The Hall–Kier alpha value is -0.180. The molecule has 0 amide bonds. The third kappa shape index (κ3) is 3.18. The van der Waals surface area contributed by atoms with Gasteiger partial charge in [-0.2, -0.15) is 11.8 Å². The third-order valence-electron chi connectivity index (χ3n) is 3.48. The molecule has 0 bridgehead atoms. The summed E-state index contributed by atoms with van der Waals surface area (Å²) in [7, 11) is 0. The van der Waals surface area contributed by atoms with Crippen LogP contribution in [0.25, 0.3) is 0 Å². The minimum Gasteiger partial charge on any atom is -0.306 e. The molecule has 1 aliphatic carbocycles. The third-order valence-corrected chi connectivity index (χ3v) is 4.45. The van der Waals surface area contributed by atoms with Crippen LogP contribution in [0.2, 0.25) is 5.02 Å². The van der Waals surface area contributed by atoms with Crippen molar-refractivity contribution >= 4 is 23.4 Å². The van der Waals surface area contributed by atoms with Gasteiger partial charge in [0.2, 0.25) is 0 Å². The maximum atomic E-state index is 6.03. The second kappa shape index (κ2) is 6.12. The first-order chi connectivity index (χ1) is 8.24. The maximum absolute atomic E-state index is 6.03. The van der Waals surface area contributed by atoms with E-state index in [4.69, 9.17) is 11.6 Å². The fourth-order valence-electron chi connectivity index (χ4n) is 2.53. The molecule has 1 aromatic carbocycles. The van der Waals surface area contributed by atoms with E-state index in [1.165, 1.54) is 29.7 Å². The summed E-state index contributed by atoms with van der Waals surface area (Å²) in [6.07, 6.45) is 5.73. The van der Waals surface area contributed by atoms with Gasteiger partial charge in [0.25, 0.3) is 0 Å². The van der Waals surface area contributed by atoms with Gasteiger partial charge in [0, 0.05) is 22.9 Å². The molecule has 2 unspecified atom stereocenters. The Morgan fingerprint density at radius 3 is 3.06 bits per heavy atom. The van der Waals surface area contributed by atoms with Crippen LogP contribution >= 0.6 is 23.4 Å². The average molecular weight is 270 g/mol. The number of hydrogen-bond acceptors (Lipinski definition) is 2. The van der Waals surface area contributed by atoms with Crippen LogP contribution in [0.3, 0.4) is 0 Å². The molecule has 0 heterocycles. The molecule has 94 valence electrons. The second-order valence-corrected chi connectivity index (χ2v) is 6.01. The van der Waals surface area contributed by atoms with Crippen molar-refractivity contribution in [3.63, 3.8) is 0 Å². The van der Waals surface area contributed by atoms with Crippen molar-refractivity contribution in [3.05, 3.63) is 34.3 Å². The van der Waals surface area contributed by atoms with E-state index in [1.807, 2.05) is 17.8 Å². The van der Waals surface area contributed by atoms with Crippen LogP contribution < -0.4 is 5.32 Å². The SMILES string of the molecule is CCC(CSC)NC1CCc2cc(Cl)ccc21. The van der Waals surface area contributed by atoms with Crippen molar-refractivity contribution in [1.82, 2.24) is 5.32 Å². The zero-order valence-corrected chi connectivity index (χ0v) is 12.1. The van der Waals surface area contributed by atoms with Crippen LogP contribution in [-0.2, 0) is 6.42 Å². The van der Waals surface area contributed by atoms with E-state index in [0.29, 0.717) is 12.1 Å². The average Bonchev–Trinajstić information content (AvgIpc) is 2.71. The van der Waals surface area contributed by atoms with Gasteiger partial charge in [-0.3, -0.25) is 0 Å². The molecule has 0 spiro atoms. The lowest BCUT2D eigenvalue weighted by molar-refractivity contribution is 0.449. The number of aryl methyl sites for hydroxylation is 1. The molecule has 1 aliphatic rings. The van der Waals surface area contributed by atoms with Crippen molar-refractivity contribution in [1.29, 1.82) is 0 Å². The minimum absolute atomic E-state index is 0.527. The van der Waals surface area contributed by atoms with Gasteiger partial charge in [-0.1, -0.05) is 24.6 Å². The summed E-state index contributed by atoms with van der Waals surface area (Å²) in [5.74, 6) is 1.19. The van der Waals surface area contributed by atoms with Gasteiger partial charge in [0.05, 0.1) is 0 Å². The predicted octanol–water partition coefficient (Wildman–Crippen LogP) is 4.06. The highest BCUT2D eigenvalue weighted by Crippen LogP contribution is 2.33. The fourth-order valence-corrected chi connectivity index (χ4v) is 3.46. The largest absolute Gasteiger partial charge is 0.306 e. The maximum Gasteiger partial charge on any atom is 0.0408 e. The Bertz CT molecular complexity index is 380. The van der Waals surface area contributed by atoms with E-state index in [9.17, 15) is 0 Å². The van der Waals surface area contributed by atoms with Gasteiger partial charge in [-0.15, -0.1) is 0 Å². The zero-order valence-electron chi connectivity index (χ0n) is 10.5. The van der Waals surface area contributed by atoms with Crippen LogP contribution in [0.5, 0.6) is 0 Å². The van der Waals surface area contributed by atoms with E-state index in [-0.39, 0.29) is 0 Å². The first-order valence-corrected chi connectivity index (χ1v) is 8.05. The van der Waals surface area contributed by atoms with Gasteiger partial charge in [-0.25, -0.2) is 0 Å². The summed E-state index contributed by atoms with van der Waals surface area (Å²) in [6.45, 7) is 2.26. The molecule has 0 radical (unpaired) electrons. The first-order valence-electron chi connectivity index (χ1n) is 6.28. The van der Waals surface area contributed by atoms with E-state index >= 15 is 0 Å². The smallest absolute Gasteiger partial charge is 0.0408 e. The Morgan fingerprint density at radius 1 is 1.53 bits per heavy atom. The van der Waals surface area contributed by atoms with Crippen LogP contribution in [-0.4, -0.2) is 18.1 Å². The van der Waals surface area contributed by atoms with Crippen LogP contribution in [0.1, 0.15) is 36.9 Å². The summed E-state index contributed by atoms with van der Waals surface area (Å²) in [4.78, 5) is 0. The second-order valence-electron chi connectivity index (χ2n) is 4.66. The number of nitrogens with one attached hydrogen (secondary N) is 1. The molecule has 0 aliphatic heterocycles. The number of benzene rings is 1. The quantitative estimate of drug-likeness (QED) is 0.865. The van der Waals surface area contributed by atoms with Crippen molar-refractivity contribution in [2.75, 3.05) is 12.0 Å². The molecule has 0 aromatic heterocycles. The Kier molecular flexibility index (Phi) is 4.78. The van der Waals surface area contributed by atoms with Gasteiger partial charge >= 0.3 is 0 Å². The molecule has 17 heavy (non-hydrogen) atoms. The number of fused-ring (bicyclic) bond motifs is 1. The molecule has 1 aromatic rings. The van der Waals surface area contributed by atoms with Crippen LogP contribution in [0, 0.1) is 0 Å². The van der Waals surface area contributed by atoms with Gasteiger partial charge in [0.15, 0.2) is 0 Å². The predicted molar refractivity (Wildman–Crippen MR) is 78.1 cm³/mol. The van der Waals surface area contributed by atoms with Crippen molar-refractivity contribution in [2.45, 2.75) is 38.3 Å². The number of rotatable bonds is 5. The number of halogens is 1. The van der Waals surface area contributed by atoms with E-state index in [2.05, 4.69) is 30.6 Å². The van der Waals surface area contributed by atoms with Crippen molar-refractivity contribution in [3.8, 4) is 0 Å². The highest BCUT2D eigenvalue weighted by Gasteiger charge is 2.24. The summed E-state index contributed by atoms with van der Waals surface area (Å²) in [5, 5.41) is 4.64. The molecule has 3 heteroatoms. The van der Waals surface area contributed by atoms with Crippen molar-refractivity contribution in [2.24, 2.45) is 0 Å². The summed E-state index contributed by atoms with van der Waals surface area (Å²) in [5.41, 5.74) is 2.88. The first kappa shape index (κ1) is 13.3. The zero-order chi connectivity index (χ0) is 12.3. The van der Waals surface area contributed by atoms with Crippen LogP contribution in [0.15, 0.2) is 18.2 Å². The summed E-state index contributed by atoms with van der Waals surface area (Å²) >= 11 is 7.95. The van der Waals surface area contributed by atoms with Crippen molar-refractivity contribution < 1.29 is 0 Å². The highest BCUT2D eigenvalue weighted by molar-refractivity contribution is 7.98. The number of hydrogen-bond donors (Lipinski definition) is 1. The topological polar surface area (TPSA) is 12.0 Å². The molecule has 2 atom stereocenters. The molecule has 0 saturated heterocycles. The molecular formula is C14H20ClNS. The normalized spacial score (nSPS) is 20.3. The lowest BCUT2D eigenvalue weighted by atomic mass is 10.1. The molecule has 1 nitrogen and oxygen atoms in total. The lowest BCUT2D eigenvalue weighted by Crippen LogP contribution is -2.33. The number of thioether (sulfide) groups is 1. The highest BCUT2D eigenvalue weighted by atomic mass is 35.5. The molecular weight excluding hydrogens is 250 g/mol. The Labute approximate surface area is 113 Å². The van der Waals surface area contributed by atoms with E-state index in [1.54, 1.807) is 0 Å². The summed E-state index contributed by atoms with van der Waals surface area (Å²) in [6, 6.07) is 7.47. The van der Waals surface area contributed by atoms with Gasteiger partial charge < -0.3 is 5.32 Å². The van der Waals surface area contributed by atoms with Gasteiger partial charge in [-0.05, 0) is 48.8 Å². The molecule has 2 rings (SSSR count). The summed E-state index contributed by atoms with van der Waals surface area (Å²) < 4.78 is 0. The lowest BCUT2D eigenvalue weighted by Gasteiger charge is -2.22. The van der Waals surface area contributed by atoms with E-state index in [0.717, 1.165) is 11.4 Å². The fraction of sp³-hybridized carbons (Fsp3) is 0.571. The van der Waals surface area contributed by atoms with Crippen LogP contribution in [0.4, 0.5) is 0 Å². The Morgan fingerprint density at radius 2 is 2.35 bits per heavy atom. The Balaban J connectivity index is 2.06. The van der Waals surface area contributed by atoms with E-state index < -0.39 is 0 Å². The molecule has 1 N–H and O–H groups in total. The monoisotopic (exact) mass is 269 g/mol. The minimum atomic E-state index is 0.527. The standard InChI is InChI=1S/C14H20ClNS/c1-3-12(9-17-2)16-14-7-4-10-8-11(15)5-6-13(10)14/h5-6,8,12,14,16H,3-4,7,9H2,1-2H3.